The van der Waals surface area contributed by atoms with Crippen LogP contribution < -0.4 is 0 Å². The van der Waals surface area contributed by atoms with E-state index in [0.717, 1.165) is 0 Å². The van der Waals surface area contributed by atoms with Gasteiger partial charge in [0.1, 0.15) is 25.7 Å². The van der Waals surface area contributed by atoms with Crippen molar-refractivity contribution >= 4 is 13.8 Å². The Labute approximate surface area is 143 Å². The van der Waals surface area contributed by atoms with Crippen LogP contribution in [0.2, 0.25) is 0 Å². The van der Waals surface area contributed by atoms with Crippen molar-refractivity contribution in [1.82, 2.24) is 15.0 Å². The first-order valence-corrected chi connectivity index (χ1v) is 8.44. The molecule has 6 nitrogen and oxygen atoms in total. The summed E-state index contributed by atoms with van der Waals surface area (Å²) in [6, 6.07) is 0.0665. The summed E-state index contributed by atoms with van der Waals surface area (Å²) in [5.74, 6) is -0.416. The van der Waals surface area contributed by atoms with Crippen LogP contribution in [0.15, 0.2) is 0 Å². The standard InChI is InChI=1S/C16H25BFN3O3/c1-10(2)21-13-6-5-12(23-9-14(22)24-11(3)4)7-8-16(17,18)15(13)19-20-21/h10-12H,5-9H2,1-4H3. The second kappa shape index (κ2) is 7.63. The van der Waals surface area contributed by atoms with Gasteiger partial charge in [0.15, 0.2) is 0 Å². The lowest BCUT2D eigenvalue weighted by Gasteiger charge is -2.27. The van der Waals surface area contributed by atoms with Gasteiger partial charge in [-0.05, 0) is 53.4 Å². The van der Waals surface area contributed by atoms with Crippen molar-refractivity contribution in [2.24, 2.45) is 0 Å². The molecule has 2 atom stereocenters. The van der Waals surface area contributed by atoms with Gasteiger partial charge in [-0.2, -0.15) is 0 Å². The normalized spacial score (nSPS) is 24.5. The molecular formula is C16H25BFN3O3. The third-order valence-electron chi connectivity index (χ3n) is 4.01. The number of nitrogens with zero attached hydrogens (tertiary/aromatic N) is 3. The van der Waals surface area contributed by atoms with E-state index in [-0.39, 0.29) is 37.0 Å². The molecular weight excluding hydrogens is 312 g/mol. The number of rotatable bonds is 5. The van der Waals surface area contributed by atoms with Crippen LogP contribution in [0.25, 0.3) is 0 Å². The number of carbonyl (C=O) groups excluding carboxylic acids is 1. The molecule has 0 saturated heterocycles. The fourth-order valence-electron chi connectivity index (χ4n) is 2.86. The number of hydrogen-bond acceptors (Lipinski definition) is 5. The summed E-state index contributed by atoms with van der Waals surface area (Å²) in [4.78, 5) is 11.6. The van der Waals surface area contributed by atoms with Crippen molar-refractivity contribution in [3.05, 3.63) is 11.4 Å². The molecule has 2 rings (SSSR count). The lowest BCUT2D eigenvalue weighted by atomic mass is 9.74. The van der Waals surface area contributed by atoms with Gasteiger partial charge in [0.05, 0.1) is 17.9 Å². The molecule has 0 aliphatic heterocycles. The van der Waals surface area contributed by atoms with E-state index in [1.54, 1.807) is 18.5 Å². The Balaban J connectivity index is 2.06. The SMILES string of the molecule is [B]C1(F)CCC(OCC(=O)OC(C)C)CCc2c1nnn2C(C)C. The molecule has 132 valence electrons. The second-order valence-electron chi connectivity index (χ2n) is 6.83. The van der Waals surface area contributed by atoms with Gasteiger partial charge < -0.3 is 9.47 Å². The third kappa shape index (κ3) is 4.56. The molecule has 2 radical (unpaired) electrons. The predicted octanol–water partition coefficient (Wildman–Crippen LogP) is 2.21. The van der Waals surface area contributed by atoms with Crippen molar-refractivity contribution in [3.63, 3.8) is 0 Å². The molecule has 0 saturated carbocycles. The average molecular weight is 337 g/mol. The van der Waals surface area contributed by atoms with Crippen molar-refractivity contribution < 1.29 is 18.7 Å². The van der Waals surface area contributed by atoms with Gasteiger partial charge in [0, 0.05) is 6.04 Å². The minimum absolute atomic E-state index is 0.0665. The minimum Gasteiger partial charge on any atom is -0.461 e. The number of fused-ring (bicyclic) bond motifs is 1. The molecule has 24 heavy (non-hydrogen) atoms. The van der Waals surface area contributed by atoms with E-state index in [4.69, 9.17) is 17.3 Å². The van der Waals surface area contributed by atoms with Crippen LogP contribution in [0.4, 0.5) is 4.39 Å². The predicted molar refractivity (Wildman–Crippen MR) is 87.5 cm³/mol. The lowest BCUT2D eigenvalue weighted by molar-refractivity contribution is -0.155. The summed E-state index contributed by atoms with van der Waals surface area (Å²) in [5.41, 5.74) is -1.12. The summed E-state index contributed by atoms with van der Waals surface area (Å²) in [7, 11) is 5.83. The first-order valence-electron chi connectivity index (χ1n) is 8.44. The zero-order valence-electron chi connectivity index (χ0n) is 14.8. The van der Waals surface area contributed by atoms with Gasteiger partial charge in [-0.1, -0.05) is 5.21 Å². The summed E-state index contributed by atoms with van der Waals surface area (Å²) in [6.07, 6.45) is 1.24. The Morgan fingerprint density at radius 2 is 2.12 bits per heavy atom. The fourth-order valence-corrected chi connectivity index (χ4v) is 2.86. The molecule has 2 unspecified atom stereocenters. The number of alkyl halides is 1. The van der Waals surface area contributed by atoms with E-state index >= 15 is 0 Å². The number of hydrogen-bond donors (Lipinski definition) is 0. The molecule has 0 spiro atoms. The van der Waals surface area contributed by atoms with Gasteiger partial charge in [0.25, 0.3) is 0 Å². The third-order valence-corrected chi connectivity index (χ3v) is 4.01. The van der Waals surface area contributed by atoms with Crippen LogP contribution in [0.3, 0.4) is 0 Å². The highest BCUT2D eigenvalue weighted by molar-refractivity contribution is 6.14. The maximum absolute atomic E-state index is 14.8. The van der Waals surface area contributed by atoms with E-state index in [9.17, 15) is 9.18 Å². The van der Waals surface area contributed by atoms with Crippen molar-refractivity contribution in [2.75, 3.05) is 6.61 Å². The first kappa shape index (κ1) is 18.9. The molecule has 0 aromatic carbocycles. The molecule has 1 aromatic heterocycles. The van der Waals surface area contributed by atoms with Gasteiger partial charge in [-0.15, -0.1) is 5.10 Å². The molecule has 1 aromatic rings. The van der Waals surface area contributed by atoms with Gasteiger partial charge in [-0.25, -0.2) is 13.9 Å². The Kier molecular flexibility index (Phi) is 6.01. The van der Waals surface area contributed by atoms with E-state index < -0.39 is 11.5 Å². The van der Waals surface area contributed by atoms with E-state index in [1.807, 2.05) is 13.8 Å². The van der Waals surface area contributed by atoms with E-state index in [2.05, 4.69) is 10.3 Å². The molecule has 1 aliphatic rings. The molecule has 1 heterocycles. The monoisotopic (exact) mass is 337 g/mol. The topological polar surface area (TPSA) is 66.2 Å². The Morgan fingerprint density at radius 1 is 1.42 bits per heavy atom. The van der Waals surface area contributed by atoms with Crippen LogP contribution in [0.5, 0.6) is 0 Å². The summed E-state index contributed by atoms with van der Waals surface area (Å²) >= 11 is 0. The minimum atomic E-state index is -2.04. The van der Waals surface area contributed by atoms with Crippen LogP contribution in [0.1, 0.15) is 64.4 Å². The summed E-state index contributed by atoms with van der Waals surface area (Å²) in [6.45, 7) is 7.34. The maximum atomic E-state index is 14.8. The highest BCUT2D eigenvalue weighted by Crippen LogP contribution is 2.34. The molecule has 1 aliphatic carbocycles. The number of halogens is 1. The zero-order chi connectivity index (χ0) is 17.9. The van der Waals surface area contributed by atoms with Crippen LogP contribution in [-0.2, 0) is 26.3 Å². The molecule has 0 amide bonds. The number of esters is 1. The quantitative estimate of drug-likeness (QED) is 0.609. The number of ether oxygens (including phenoxy) is 2. The fraction of sp³-hybridized carbons (Fsp3) is 0.812. The van der Waals surface area contributed by atoms with Gasteiger partial charge in [-0.3, -0.25) is 0 Å². The smallest absolute Gasteiger partial charge is 0.332 e. The summed E-state index contributed by atoms with van der Waals surface area (Å²) < 4.78 is 27.2. The van der Waals surface area contributed by atoms with Crippen LogP contribution in [0, 0.1) is 0 Å². The highest BCUT2D eigenvalue weighted by atomic mass is 19.1. The van der Waals surface area contributed by atoms with Crippen LogP contribution >= 0.6 is 0 Å². The van der Waals surface area contributed by atoms with Crippen LogP contribution in [-0.4, -0.2) is 47.6 Å². The summed E-state index contributed by atoms with van der Waals surface area (Å²) in [5, 5.41) is 8.00. The van der Waals surface area contributed by atoms with E-state index in [0.29, 0.717) is 25.0 Å². The van der Waals surface area contributed by atoms with Gasteiger partial charge >= 0.3 is 5.97 Å². The average Bonchev–Trinajstić information content (AvgIpc) is 2.88. The zero-order valence-corrected chi connectivity index (χ0v) is 14.8. The Hall–Kier alpha value is -1.44. The van der Waals surface area contributed by atoms with Gasteiger partial charge in [0.2, 0.25) is 0 Å². The lowest BCUT2D eigenvalue weighted by Crippen LogP contribution is -2.30. The van der Waals surface area contributed by atoms with E-state index in [1.165, 1.54) is 0 Å². The molecule has 8 heteroatoms. The highest BCUT2D eigenvalue weighted by Gasteiger charge is 2.36. The molecule has 0 fully saturated rings. The van der Waals surface area contributed by atoms with Crippen molar-refractivity contribution in [3.8, 4) is 0 Å². The second-order valence-corrected chi connectivity index (χ2v) is 6.83. The molecule has 0 bridgehead atoms. The van der Waals surface area contributed by atoms with Crippen molar-refractivity contribution in [1.29, 1.82) is 0 Å². The first-order chi connectivity index (χ1) is 11.2. The number of aromatic nitrogens is 3. The van der Waals surface area contributed by atoms with Crippen molar-refractivity contribution in [2.45, 2.75) is 77.2 Å². The Bertz CT molecular complexity index is 575. The molecule has 0 N–H and O–H groups in total. The number of carbonyl (C=O) groups is 1. The largest absolute Gasteiger partial charge is 0.461 e. The Morgan fingerprint density at radius 3 is 2.75 bits per heavy atom. The maximum Gasteiger partial charge on any atom is 0.332 e.